The first-order valence-electron chi connectivity index (χ1n) is 6.47. The maximum atomic E-state index is 11.8. The highest BCUT2D eigenvalue weighted by Crippen LogP contribution is 2.24. The first-order chi connectivity index (χ1) is 8.69. The first-order valence-corrected chi connectivity index (χ1v) is 6.47. The van der Waals surface area contributed by atoms with Gasteiger partial charge in [0.25, 0.3) is 0 Å². The Morgan fingerprint density at radius 3 is 2.72 bits per heavy atom. The van der Waals surface area contributed by atoms with E-state index in [9.17, 15) is 4.79 Å². The molecule has 1 unspecified atom stereocenters. The van der Waals surface area contributed by atoms with Crippen LogP contribution in [0.4, 0.5) is 5.69 Å². The van der Waals surface area contributed by atoms with Crippen LogP contribution in [0.3, 0.4) is 0 Å². The molecular formula is C14H22N2O2. The van der Waals surface area contributed by atoms with Crippen LogP contribution in [0.25, 0.3) is 0 Å². The number of anilines is 1. The minimum absolute atomic E-state index is 0.163. The maximum Gasteiger partial charge on any atom is 0.241 e. The van der Waals surface area contributed by atoms with Gasteiger partial charge in [-0.3, -0.25) is 4.79 Å². The van der Waals surface area contributed by atoms with Gasteiger partial charge in [-0.15, -0.1) is 0 Å². The molecule has 0 radical (unpaired) electrons. The number of carbonyl (C=O) groups excluding carboxylic acids is 1. The van der Waals surface area contributed by atoms with Crippen molar-refractivity contribution in [3.8, 4) is 5.75 Å². The lowest BCUT2D eigenvalue weighted by molar-refractivity contribution is -0.117. The third-order valence-electron chi connectivity index (χ3n) is 2.54. The van der Waals surface area contributed by atoms with Gasteiger partial charge in [0, 0.05) is 0 Å². The van der Waals surface area contributed by atoms with Crippen LogP contribution < -0.4 is 15.8 Å². The quantitative estimate of drug-likeness (QED) is 0.781. The van der Waals surface area contributed by atoms with Crippen LogP contribution in [0.2, 0.25) is 0 Å². The number of para-hydroxylation sites is 2. The summed E-state index contributed by atoms with van der Waals surface area (Å²) in [5, 5.41) is 2.82. The van der Waals surface area contributed by atoms with Gasteiger partial charge in [-0.1, -0.05) is 32.4 Å². The molecule has 0 aromatic heterocycles. The molecule has 1 atom stereocenters. The van der Waals surface area contributed by atoms with E-state index in [2.05, 4.69) is 5.32 Å². The van der Waals surface area contributed by atoms with Crippen molar-refractivity contribution in [2.45, 2.75) is 39.2 Å². The van der Waals surface area contributed by atoms with Gasteiger partial charge in [0.05, 0.1) is 18.3 Å². The molecule has 1 amide bonds. The first kappa shape index (κ1) is 14.5. The van der Waals surface area contributed by atoms with Gasteiger partial charge in [0.2, 0.25) is 5.91 Å². The van der Waals surface area contributed by atoms with E-state index in [0.29, 0.717) is 24.5 Å². The number of hydrogen-bond acceptors (Lipinski definition) is 3. The van der Waals surface area contributed by atoms with E-state index in [-0.39, 0.29) is 5.91 Å². The second-order valence-corrected chi connectivity index (χ2v) is 4.23. The summed E-state index contributed by atoms with van der Waals surface area (Å²) in [6.45, 7) is 4.68. The fourth-order valence-electron chi connectivity index (χ4n) is 1.58. The average Bonchev–Trinajstić information content (AvgIpc) is 2.38. The molecule has 0 bridgehead atoms. The Labute approximate surface area is 109 Å². The molecule has 0 saturated heterocycles. The van der Waals surface area contributed by atoms with Crippen LogP contribution in [-0.2, 0) is 4.79 Å². The smallest absolute Gasteiger partial charge is 0.241 e. The Balaban J connectivity index is 2.68. The highest BCUT2D eigenvalue weighted by Gasteiger charge is 2.14. The van der Waals surface area contributed by atoms with Crippen LogP contribution in [0.15, 0.2) is 24.3 Å². The molecule has 0 saturated carbocycles. The molecule has 3 N–H and O–H groups in total. The van der Waals surface area contributed by atoms with E-state index in [4.69, 9.17) is 10.5 Å². The summed E-state index contributed by atoms with van der Waals surface area (Å²) >= 11 is 0. The number of hydrogen-bond donors (Lipinski definition) is 2. The van der Waals surface area contributed by atoms with E-state index >= 15 is 0 Å². The number of carbonyl (C=O) groups is 1. The number of ether oxygens (including phenoxy) is 1. The van der Waals surface area contributed by atoms with Gasteiger partial charge in [0.15, 0.2) is 0 Å². The summed E-state index contributed by atoms with van der Waals surface area (Å²) in [6, 6.07) is 6.94. The molecule has 0 aliphatic heterocycles. The highest BCUT2D eigenvalue weighted by molar-refractivity contribution is 5.95. The zero-order valence-electron chi connectivity index (χ0n) is 11.1. The summed E-state index contributed by atoms with van der Waals surface area (Å²) in [6.07, 6.45) is 2.50. The molecule has 0 aliphatic rings. The second-order valence-electron chi connectivity index (χ2n) is 4.23. The molecule has 4 nitrogen and oxygen atoms in total. The summed E-state index contributed by atoms with van der Waals surface area (Å²) < 4.78 is 5.57. The fraction of sp³-hybridized carbons (Fsp3) is 0.500. The van der Waals surface area contributed by atoms with Crippen molar-refractivity contribution < 1.29 is 9.53 Å². The van der Waals surface area contributed by atoms with Crippen LogP contribution in [-0.4, -0.2) is 18.6 Å². The van der Waals surface area contributed by atoms with Crippen LogP contribution >= 0.6 is 0 Å². The number of nitrogens with two attached hydrogens (primary N) is 1. The number of rotatable bonds is 7. The molecule has 0 fully saturated rings. The molecule has 1 aromatic rings. The second kappa shape index (κ2) is 7.71. The highest BCUT2D eigenvalue weighted by atomic mass is 16.5. The number of amides is 1. The summed E-state index contributed by atoms with van der Waals surface area (Å²) in [5.74, 6) is 0.529. The zero-order chi connectivity index (χ0) is 13.4. The summed E-state index contributed by atoms with van der Waals surface area (Å²) in [7, 11) is 0. The van der Waals surface area contributed by atoms with E-state index in [1.165, 1.54) is 0 Å². The molecule has 1 rings (SSSR count). The normalized spacial score (nSPS) is 11.9. The zero-order valence-corrected chi connectivity index (χ0v) is 11.1. The monoisotopic (exact) mass is 250 g/mol. The van der Waals surface area contributed by atoms with Crippen LogP contribution in [0, 0.1) is 0 Å². The molecule has 0 spiro atoms. The van der Waals surface area contributed by atoms with E-state index < -0.39 is 6.04 Å². The summed E-state index contributed by atoms with van der Waals surface area (Å²) in [4.78, 5) is 11.8. The van der Waals surface area contributed by atoms with Crippen LogP contribution in [0.1, 0.15) is 33.1 Å². The molecule has 0 aliphatic carbocycles. The Bertz CT molecular complexity index is 380. The Morgan fingerprint density at radius 1 is 1.33 bits per heavy atom. The standard InChI is InChI=1S/C14H22N2O2/c1-3-7-11(15)14(17)16-12-8-5-6-9-13(12)18-10-4-2/h5-6,8-9,11H,3-4,7,10,15H2,1-2H3,(H,16,17). The van der Waals surface area contributed by atoms with Crippen molar-refractivity contribution in [1.29, 1.82) is 0 Å². The average molecular weight is 250 g/mol. The number of benzene rings is 1. The lowest BCUT2D eigenvalue weighted by Crippen LogP contribution is -2.35. The van der Waals surface area contributed by atoms with Crippen molar-refractivity contribution in [2.75, 3.05) is 11.9 Å². The Kier molecular flexibility index (Phi) is 6.22. The summed E-state index contributed by atoms with van der Waals surface area (Å²) in [5.41, 5.74) is 6.46. The van der Waals surface area contributed by atoms with Crippen molar-refractivity contribution in [2.24, 2.45) is 5.73 Å². The van der Waals surface area contributed by atoms with Gasteiger partial charge < -0.3 is 15.8 Å². The molecule has 0 heterocycles. The van der Waals surface area contributed by atoms with Gasteiger partial charge in [-0.25, -0.2) is 0 Å². The predicted octanol–water partition coefficient (Wildman–Crippen LogP) is 2.54. The molecule has 100 valence electrons. The van der Waals surface area contributed by atoms with Gasteiger partial charge >= 0.3 is 0 Å². The van der Waals surface area contributed by atoms with Crippen molar-refractivity contribution in [1.82, 2.24) is 0 Å². The maximum absolute atomic E-state index is 11.8. The van der Waals surface area contributed by atoms with Crippen molar-refractivity contribution in [3.05, 3.63) is 24.3 Å². The van der Waals surface area contributed by atoms with E-state index in [1.54, 1.807) is 0 Å². The third-order valence-corrected chi connectivity index (χ3v) is 2.54. The molecule has 4 heteroatoms. The van der Waals surface area contributed by atoms with Gasteiger partial charge in [-0.05, 0) is 25.0 Å². The van der Waals surface area contributed by atoms with E-state index in [0.717, 1.165) is 12.8 Å². The minimum Gasteiger partial charge on any atom is -0.491 e. The van der Waals surface area contributed by atoms with Crippen molar-refractivity contribution in [3.63, 3.8) is 0 Å². The lowest BCUT2D eigenvalue weighted by Gasteiger charge is -2.14. The third kappa shape index (κ3) is 4.37. The molecule has 18 heavy (non-hydrogen) atoms. The number of nitrogens with one attached hydrogen (secondary N) is 1. The molecular weight excluding hydrogens is 228 g/mol. The SMILES string of the molecule is CCCOc1ccccc1NC(=O)C(N)CCC. The Hall–Kier alpha value is -1.55. The Morgan fingerprint density at radius 2 is 2.06 bits per heavy atom. The largest absolute Gasteiger partial charge is 0.491 e. The van der Waals surface area contributed by atoms with Crippen molar-refractivity contribution >= 4 is 11.6 Å². The van der Waals surface area contributed by atoms with Gasteiger partial charge in [0.1, 0.15) is 5.75 Å². The lowest BCUT2D eigenvalue weighted by atomic mass is 10.1. The van der Waals surface area contributed by atoms with Crippen LogP contribution in [0.5, 0.6) is 5.75 Å². The minimum atomic E-state index is -0.464. The fourth-order valence-corrected chi connectivity index (χ4v) is 1.58. The topological polar surface area (TPSA) is 64.3 Å². The predicted molar refractivity (Wildman–Crippen MR) is 73.7 cm³/mol. The van der Waals surface area contributed by atoms with E-state index in [1.807, 2.05) is 38.1 Å². The molecule has 1 aromatic carbocycles. The van der Waals surface area contributed by atoms with Gasteiger partial charge in [-0.2, -0.15) is 0 Å².